The maximum absolute atomic E-state index is 12.9. The number of rotatable bonds is 5. The van der Waals surface area contributed by atoms with Gasteiger partial charge in [0.05, 0.1) is 17.2 Å². The van der Waals surface area contributed by atoms with E-state index >= 15 is 0 Å². The quantitative estimate of drug-likeness (QED) is 0.407. The molecule has 4 nitrogen and oxygen atoms in total. The van der Waals surface area contributed by atoms with E-state index in [1.165, 1.54) is 6.08 Å². The van der Waals surface area contributed by atoms with Crippen LogP contribution in [0.1, 0.15) is 40.3 Å². The van der Waals surface area contributed by atoms with E-state index in [0.717, 1.165) is 16.7 Å². The Morgan fingerprint density at radius 1 is 1.03 bits per heavy atom. The highest BCUT2D eigenvalue weighted by Gasteiger charge is 2.37. The summed E-state index contributed by atoms with van der Waals surface area (Å²) in [5.41, 5.74) is 7.16. The molecule has 0 fully saturated rings. The number of hydrogen-bond acceptors (Lipinski definition) is 3. The topological polar surface area (TPSA) is 64.4 Å². The van der Waals surface area contributed by atoms with Crippen LogP contribution in [0.4, 0.5) is 26.3 Å². The summed E-state index contributed by atoms with van der Waals surface area (Å²) in [5.74, 6) is -1.19. The Kier molecular flexibility index (Phi) is 5.80. The van der Waals surface area contributed by atoms with Crippen LogP contribution in [0.5, 0.6) is 5.75 Å². The zero-order valence-electron chi connectivity index (χ0n) is 15.3. The Balaban J connectivity index is 1.78. The Morgan fingerprint density at radius 2 is 1.67 bits per heavy atom. The number of benzene rings is 2. The number of primary amides is 1. The number of alkyl halides is 6. The molecule has 1 aliphatic carbocycles. The van der Waals surface area contributed by atoms with Crippen LogP contribution in [0.15, 0.2) is 42.5 Å². The van der Waals surface area contributed by atoms with Crippen molar-refractivity contribution in [2.45, 2.75) is 31.2 Å². The van der Waals surface area contributed by atoms with E-state index in [4.69, 9.17) is 10.6 Å². The number of halogens is 6. The van der Waals surface area contributed by atoms with Crippen molar-refractivity contribution >= 4 is 12.0 Å². The molecule has 10 heteroatoms. The molecule has 0 spiro atoms. The molecular weight excluding hydrogens is 414 g/mol. The fourth-order valence-electron chi connectivity index (χ4n) is 3.17. The molecule has 2 aromatic rings. The minimum Gasteiger partial charge on any atom is -0.408 e. The van der Waals surface area contributed by atoms with Gasteiger partial charge in [0.2, 0.25) is 5.91 Å². The molecule has 1 unspecified atom stereocenters. The van der Waals surface area contributed by atoms with Gasteiger partial charge in [-0.15, -0.1) is 5.48 Å². The number of aryl methyl sites for hydroxylation is 1. The lowest BCUT2D eigenvalue weighted by atomic mass is 10.0. The van der Waals surface area contributed by atoms with Crippen LogP contribution >= 0.6 is 0 Å². The lowest BCUT2D eigenvalue weighted by molar-refractivity contribution is -0.143. The van der Waals surface area contributed by atoms with E-state index < -0.39 is 41.2 Å². The van der Waals surface area contributed by atoms with E-state index in [1.54, 1.807) is 18.2 Å². The largest absolute Gasteiger partial charge is 0.416 e. The molecule has 2 aromatic carbocycles. The molecule has 0 heterocycles. The minimum absolute atomic E-state index is 0.0405. The standard InChI is InChI=1S/C20H16F6N2O2/c21-19(22,23)13-8-14(20(24,25)26)10-15(9-13)30-28-17-5-3-12-7-11(1-4-16(12)17)2-6-18(27)29/h1-2,4,6-10,17,28H,3,5H2,(H2,27,29). The van der Waals surface area contributed by atoms with Gasteiger partial charge in [-0.2, -0.15) is 26.3 Å². The second-order valence-corrected chi connectivity index (χ2v) is 6.75. The maximum Gasteiger partial charge on any atom is 0.416 e. The summed E-state index contributed by atoms with van der Waals surface area (Å²) < 4.78 is 77.7. The molecule has 0 radical (unpaired) electrons. The number of amides is 1. The van der Waals surface area contributed by atoms with Crippen molar-refractivity contribution in [2.75, 3.05) is 0 Å². The number of nitrogens with one attached hydrogen (secondary N) is 1. The zero-order valence-corrected chi connectivity index (χ0v) is 15.3. The van der Waals surface area contributed by atoms with E-state index in [1.807, 2.05) is 6.07 Å². The predicted octanol–water partition coefficient (Wildman–Crippen LogP) is 4.79. The highest BCUT2D eigenvalue weighted by molar-refractivity contribution is 5.90. The fourth-order valence-corrected chi connectivity index (χ4v) is 3.17. The first-order valence-corrected chi connectivity index (χ1v) is 8.75. The molecule has 3 rings (SSSR count). The van der Waals surface area contributed by atoms with Crippen LogP contribution < -0.4 is 16.1 Å². The summed E-state index contributed by atoms with van der Waals surface area (Å²) in [6.45, 7) is 0. The lowest BCUT2D eigenvalue weighted by Crippen LogP contribution is -2.23. The van der Waals surface area contributed by atoms with Gasteiger partial charge in [0.15, 0.2) is 0 Å². The molecule has 0 aromatic heterocycles. The van der Waals surface area contributed by atoms with Crippen molar-refractivity contribution in [2.24, 2.45) is 5.73 Å². The normalized spacial score (nSPS) is 16.7. The summed E-state index contributed by atoms with van der Waals surface area (Å²) in [5, 5.41) is 0. The van der Waals surface area contributed by atoms with Crippen LogP contribution in [0, 0.1) is 0 Å². The van der Waals surface area contributed by atoms with Crippen LogP contribution in [-0.2, 0) is 23.6 Å². The summed E-state index contributed by atoms with van der Waals surface area (Å²) in [6.07, 6.45) is -6.00. The average molecular weight is 430 g/mol. The third-order valence-corrected chi connectivity index (χ3v) is 4.57. The van der Waals surface area contributed by atoms with E-state index in [-0.39, 0.29) is 6.07 Å². The molecule has 30 heavy (non-hydrogen) atoms. The monoisotopic (exact) mass is 430 g/mol. The molecule has 1 amide bonds. The van der Waals surface area contributed by atoms with Gasteiger partial charge >= 0.3 is 12.4 Å². The van der Waals surface area contributed by atoms with Crippen LogP contribution in [0.2, 0.25) is 0 Å². The van der Waals surface area contributed by atoms with Gasteiger partial charge in [-0.1, -0.05) is 18.2 Å². The van der Waals surface area contributed by atoms with Gasteiger partial charge in [0.1, 0.15) is 5.75 Å². The summed E-state index contributed by atoms with van der Waals surface area (Å²) in [6, 6.07) is 5.92. The molecule has 1 atom stereocenters. The van der Waals surface area contributed by atoms with Crippen LogP contribution in [0.25, 0.3) is 6.08 Å². The van der Waals surface area contributed by atoms with Gasteiger partial charge in [-0.3, -0.25) is 4.79 Å². The molecule has 0 bridgehead atoms. The third kappa shape index (κ3) is 5.12. The van der Waals surface area contributed by atoms with E-state index in [0.29, 0.717) is 25.0 Å². The fraction of sp³-hybridized carbons (Fsp3) is 0.250. The van der Waals surface area contributed by atoms with Crippen molar-refractivity contribution in [3.8, 4) is 5.75 Å². The third-order valence-electron chi connectivity index (χ3n) is 4.57. The lowest BCUT2D eigenvalue weighted by Gasteiger charge is -2.17. The number of fused-ring (bicyclic) bond motifs is 1. The first-order chi connectivity index (χ1) is 13.9. The van der Waals surface area contributed by atoms with E-state index in [9.17, 15) is 31.1 Å². The Bertz CT molecular complexity index is 950. The molecule has 0 aliphatic heterocycles. The smallest absolute Gasteiger partial charge is 0.408 e. The second-order valence-electron chi connectivity index (χ2n) is 6.75. The summed E-state index contributed by atoms with van der Waals surface area (Å²) in [4.78, 5) is 15.9. The van der Waals surface area contributed by atoms with Gasteiger partial charge in [-0.05, 0) is 53.8 Å². The number of hydroxylamine groups is 1. The van der Waals surface area contributed by atoms with Crippen molar-refractivity contribution < 1.29 is 36.0 Å². The minimum atomic E-state index is -4.95. The van der Waals surface area contributed by atoms with Gasteiger partial charge in [0.25, 0.3) is 0 Å². The maximum atomic E-state index is 12.9. The van der Waals surface area contributed by atoms with Gasteiger partial charge in [0, 0.05) is 6.08 Å². The van der Waals surface area contributed by atoms with Crippen molar-refractivity contribution in [3.05, 3.63) is 70.3 Å². The average Bonchev–Trinajstić information content (AvgIpc) is 3.05. The van der Waals surface area contributed by atoms with Crippen LogP contribution in [-0.4, -0.2) is 5.91 Å². The number of hydrogen-bond donors (Lipinski definition) is 2. The predicted molar refractivity (Wildman–Crippen MR) is 95.9 cm³/mol. The Labute approximate surface area is 167 Å². The molecule has 1 aliphatic rings. The Morgan fingerprint density at radius 3 is 2.23 bits per heavy atom. The van der Waals surface area contributed by atoms with Gasteiger partial charge < -0.3 is 10.6 Å². The zero-order chi connectivity index (χ0) is 22.1. The number of carbonyl (C=O) groups excluding carboxylic acids is 1. The first-order valence-electron chi connectivity index (χ1n) is 8.75. The SMILES string of the molecule is NC(=O)C=Cc1ccc2c(c1)CCC2NOc1cc(C(F)(F)F)cc(C(F)(F)F)c1. The molecule has 0 saturated carbocycles. The highest BCUT2D eigenvalue weighted by Crippen LogP contribution is 2.38. The van der Waals surface area contributed by atoms with Gasteiger partial charge in [-0.25, -0.2) is 0 Å². The first kappa shape index (κ1) is 21.7. The molecular formula is C20H16F6N2O2. The Hall–Kier alpha value is -3.01. The van der Waals surface area contributed by atoms with Crippen molar-refractivity contribution in [1.82, 2.24) is 5.48 Å². The number of carbonyl (C=O) groups is 1. The van der Waals surface area contributed by atoms with E-state index in [2.05, 4.69) is 5.48 Å². The van der Waals surface area contributed by atoms with Crippen LogP contribution in [0.3, 0.4) is 0 Å². The molecule has 160 valence electrons. The van der Waals surface area contributed by atoms with Crippen molar-refractivity contribution in [1.29, 1.82) is 0 Å². The highest BCUT2D eigenvalue weighted by atomic mass is 19.4. The van der Waals surface area contributed by atoms with Crippen molar-refractivity contribution in [3.63, 3.8) is 0 Å². The second kappa shape index (κ2) is 8.02. The molecule has 3 N–H and O–H groups in total. The summed E-state index contributed by atoms with van der Waals surface area (Å²) >= 11 is 0. The number of nitrogens with two attached hydrogens (primary N) is 1. The molecule has 0 saturated heterocycles. The summed E-state index contributed by atoms with van der Waals surface area (Å²) in [7, 11) is 0.